The number of H-pyrrole nitrogens is 1. The lowest BCUT2D eigenvalue weighted by Gasteiger charge is -2.24. The topological polar surface area (TPSA) is 57.8 Å². The zero-order chi connectivity index (χ0) is 12.6. The normalized spacial score (nSPS) is 18.1. The van der Waals surface area contributed by atoms with Crippen LogP contribution in [0.4, 0.5) is 0 Å². The molecule has 1 aliphatic rings. The van der Waals surface area contributed by atoms with Crippen LogP contribution in [0.15, 0.2) is 24.3 Å². The van der Waals surface area contributed by atoms with Crippen LogP contribution in [-0.4, -0.2) is 21.6 Å². The van der Waals surface area contributed by atoms with Crippen LogP contribution >= 0.6 is 0 Å². The Kier molecular flexibility index (Phi) is 2.58. The number of aromatic amines is 1. The fraction of sp³-hybridized carbons (Fsp3) is 0.429. The number of hydrogen-bond donors (Lipinski definition) is 2. The Labute approximate surface area is 106 Å². The molecule has 0 saturated heterocycles. The third-order valence-electron chi connectivity index (χ3n) is 3.81. The molecule has 18 heavy (non-hydrogen) atoms. The first-order valence-electron chi connectivity index (χ1n) is 6.44. The molecule has 1 amide bonds. The van der Waals surface area contributed by atoms with Crippen molar-refractivity contribution in [3.05, 3.63) is 30.0 Å². The van der Waals surface area contributed by atoms with Gasteiger partial charge in [0.1, 0.15) is 0 Å². The summed E-state index contributed by atoms with van der Waals surface area (Å²) in [5.41, 5.74) is 1.34. The predicted molar refractivity (Wildman–Crippen MR) is 70.4 cm³/mol. The van der Waals surface area contributed by atoms with Gasteiger partial charge in [-0.3, -0.25) is 9.89 Å². The van der Waals surface area contributed by atoms with Crippen LogP contribution in [-0.2, 0) is 0 Å². The van der Waals surface area contributed by atoms with Gasteiger partial charge in [-0.15, -0.1) is 0 Å². The van der Waals surface area contributed by atoms with Crippen molar-refractivity contribution in [1.29, 1.82) is 0 Å². The van der Waals surface area contributed by atoms with Crippen LogP contribution in [0.3, 0.4) is 0 Å². The van der Waals surface area contributed by atoms with Crippen molar-refractivity contribution in [2.75, 3.05) is 0 Å². The lowest BCUT2D eigenvalue weighted by Crippen LogP contribution is -2.43. The number of nitrogens with zero attached hydrogens (tertiary/aromatic N) is 1. The Balaban J connectivity index is 1.88. The summed E-state index contributed by atoms with van der Waals surface area (Å²) in [7, 11) is 0. The molecular weight excluding hydrogens is 226 g/mol. The highest BCUT2D eigenvalue weighted by Gasteiger charge is 2.31. The number of nitrogens with one attached hydrogen (secondary N) is 2. The first kappa shape index (κ1) is 11.3. The van der Waals surface area contributed by atoms with Crippen molar-refractivity contribution in [2.45, 2.75) is 38.1 Å². The van der Waals surface area contributed by atoms with Gasteiger partial charge >= 0.3 is 0 Å². The summed E-state index contributed by atoms with van der Waals surface area (Å²) in [4.78, 5) is 12.3. The van der Waals surface area contributed by atoms with Gasteiger partial charge < -0.3 is 5.32 Å². The summed E-state index contributed by atoms with van der Waals surface area (Å²) in [6, 6.07) is 7.70. The molecule has 1 fully saturated rings. The van der Waals surface area contributed by atoms with Crippen molar-refractivity contribution in [3.63, 3.8) is 0 Å². The molecule has 1 aromatic carbocycles. The lowest BCUT2D eigenvalue weighted by molar-refractivity contribution is 0.0904. The van der Waals surface area contributed by atoms with Gasteiger partial charge in [0.15, 0.2) is 5.69 Å². The highest BCUT2D eigenvalue weighted by atomic mass is 16.2. The van der Waals surface area contributed by atoms with E-state index < -0.39 is 0 Å². The van der Waals surface area contributed by atoms with Gasteiger partial charge in [-0.2, -0.15) is 5.10 Å². The van der Waals surface area contributed by atoms with Crippen molar-refractivity contribution in [3.8, 4) is 0 Å². The Morgan fingerprint density at radius 2 is 2.06 bits per heavy atom. The highest BCUT2D eigenvalue weighted by Crippen LogP contribution is 2.29. The number of para-hydroxylation sites is 1. The molecule has 94 valence electrons. The summed E-state index contributed by atoms with van der Waals surface area (Å²) in [6.07, 6.45) is 4.50. The van der Waals surface area contributed by atoms with Crippen LogP contribution in [0.25, 0.3) is 10.9 Å². The van der Waals surface area contributed by atoms with Crippen molar-refractivity contribution < 1.29 is 4.79 Å². The molecule has 2 aromatic rings. The summed E-state index contributed by atoms with van der Waals surface area (Å²) in [5.74, 6) is -0.0724. The molecule has 4 nitrogen and oxygen atoms in total. The zero-order valence-electron chi connectivity index (χ0n) is 10.5. The molecular formula is C14H17N3O. The Morgan fingerprint density at radius 1 is 1.33 bits per heavy atom. The fourth-order valence-corrected chi connectivity index (χ4v) is 2.75. The quantitative estimate of drug-likeness (QED) is 0.851. The predicted octanol–water partition coefficient (Wildman–Crippen LogP) is 2.63. The van der Waals surface area contributed by atoms with E-state index in [9.17, 15) is 4.79 Å². The third kappa shape index (κ3) is 1.88. The number of benzene rings is 1. The number of hydrogen-bond acceptors (Lipinski definition) is 2. The lowest BCUT2D eigenvalue weighted by atomic mass is 10.0. The third-order valence-corrected chi connectivity index (χ3v) is 3.81. The van der Waals surface area contributed by atoms with Gasteiger partial charge in [0.25, 0.3) is 5.91 Å². The van der Waals surface area contributed by atoms with E-state index >= 15 is 0 Å². The van der Waals surface area contributed by atoms with Gasteiger partial charge in [-0.05, 0) is 25.8 Å². The van der Waals surface area contributed by atoms with E-state index in [2.05, 4.69) is 22.4 Å². The van der Waals surface area contributed by atoms with Crippen molar-refractivity contribution in [1.82, 2.24) is 15.5 Å². The number of carbonyl (C=O) groups is 1. The molecule has 4 heteroatoms. The summed E-state index contributed by atoms with van der Waals surface area (Å²) in [5, 5.41) is 11.0. The van der Waals surface area contributed by atoms with Crippen molar-refractivity contribution >= 4 is 16.8 Å². The van der Waals surface area contributed by atoms with Gasteiger partial charge in [-0.25, -0.2) is 0 Å². The molecule has 1 aliphatic carbocycles. The minimum atomic E-state index is -0.0724. The number of fused-ring (bicyclic) bond motifs is 1. The van der Waals surface area contributed by atoms with E-state index in [0.717, 1.165) is 23.7 Å². The summed E-state index contributed by atoms with van der Waals surface area (Å²) in [6.45, 7) is 2.12. The molecule has 0 bridgehead atoms. The van der Waals surface area contributed by atoms with Gasteiger partial charge in [0, 0.05) is 10.9 Å². The van der Waals surface area contributed by atoms with E-state index in [1.165, 1.54) is 12.8 Å². The van der Waals surface area contributed by atoms with Crippen LogP contribution in [0.5, 0.6) is 0 Å². The summed E-state index contributed by atoms with van der Waals surface area (Å²) < 4.78 is 0. The fourth-order valence-electron chi connectivity index (χ4n) is 2.75. The molecule has 3 rings (SSSR count). The molecule has 0 spiro atoms. The largest absolute Gasteiger partial charge is 0.345 e. The molecule has 0 unspecified atom stereocenters. The van der Waals surface area contributed by atoms with E-state index in [4.69, 9.17) is 0 Å². The molecule has 1 heterocycles. The van der Waals surface area contributed by atoms with Gasteiger partial charge in [-0.1, -0.05) is 31.0 Å². The van der Waals surface area contributed by atoms with E-state index in [1.807, 2.05) is 24.3 Å². The van der Waals surface area contributed by atoms with E-state index in [-0.39, 0.29) is 11.4 Å². The number of rotatable bonds is 2. The van der Waals surface area contributed by atoms with Crippen LogP contribution in [0.1, 0.15) is 43.1 Å². The van der Waals surface area contributed by atoms with Crippen LogP contribution in [0.2, 0.25) is 0 Å². The molecule has 0 atom stereocenters. The maximum Gasteiger partial charge on any atom is 0.272 e. The van der Waals surface area contributed by atoms with Crippen LogP contribution in [0, 0.1) is 0 Å². The standard InChI is InChI=1S/C14H17N3O/c1-14(8-4-5-9-14)15-13(18)12-10-6-2-3-7-11(10)16-17-12/h2-3,6-7H,4-5,8-9H2,1H3,(H,15,18)(H,16,17). The van der Waals surface area contributed by atoms with Crippen LogP contribution < -0.4 is 5.32 Å². The average Bonchev–Trinajstić information content (AvgIpc) is 2.95. The van der Waals surface area contributed by atoms with E-state index in [1.54, 1.807) is 0 Å². The maximum atomic E-state index is 12.3. The molecule has 1 saturated carbocycles. The molecule has 1 aromatic heterocycles. The molecule has 0 radical (unpaired) electrons. The molecule has 0 aliphatic heterocycles. The maximum absolute atomic E-state index is 12.3. The second-order valence-electron chi connectivity index (χ2n) is 5.34. The van der Waals surface area contributed by atoms with Gasteiger partial charge in [0.05, 0.1) is 5.52 Å². The Morgan fingerprint density at radius 3 is 2.83 bits per heavy atom. The Hall–Kier alpha value is -1.84. The SMILES string of the molecule is CC1(NC(=O)c2n[nH]c3ccccc23)CCCC1. The monoisotopic (exact) mass is 243 g/mol. The smallest absolute Gasteiger partial charge is 0.272 e. The second kappa shape index (κ2) is 4.12. The minimum absolute atomic E-state index is 0.0584. The minimum Gasteiger partial charge on any atom is -0.345 e. The van der Waals surface area contributed by atoms with Gasteiger partial charge in [0.2, 0.25) is 0 Å². The average molecular weight is 243 g/mol. The van der Waals surface area contributed by atoms with Crippen molar-refractivity contribution in [2.24, 2.45) is 0 Å². The first-order chi connectivity index (χ1) is 8.68. The zero-order valence-corrected chi connectivity index (χ0v) is 10.5. The number of aromatic nitrogens is 2. The first-order valence-corrected chi connectivity index (χ1v) is 6.44. The highest BCUT2D eigenvalue weighted by molar-refractivity contribution is 6.04. The number of amides is 1. The Bertz CT molecular complexity index is 581. The summed E-state index contributed by atoms with van der Waals surface area (Å²) >= 11 is 0. The van der Waals surface area contributed by atoms with E-state index in [0.29, 0.717) is 5.69 Å². The second-order valence-corrected chi connectivity index (χ2v) is 5.34. The molecule has 2 N–H and O–H groups in total. The number of carbonyl (C=O) groups excluding carboxylic acids is 1.